The SMILES string of the molecule is CCCNC(=O)[C@H]1CCCO1. The molecule has 3 heteroatoms. The fraction of sp³-hybridized carbons (Fsp3) is 0.875. The van der Waals surface area contributed by atoms with Crippen LogP contribution in [0.25, 0.3) is 0 Å². The molecule has 1 aliphatic rings. The molecule has 0 aromatic rings. The van der Waals surface area contributed by atoms with Crippen LogP contribution in [-0.4, -0.2) is 25.2 Å². The van der Waals surface area contributed by atoms with Gasteiger partial charge in [0.25, 0.3) is 0 Å². The van der Waals surface area contributed by atoms with E-state index in [0.29, 0.717) is 0 Å². The van der Waals surface area contributed by atoms with Gasteiger partial charge in [-0.2, -0.15) is 0 Å². The van der Waals surface area contributed by atoms with Gasteiger partial charge in [-0.15, -0.1) is 0 Å². The summed E-state index contributed by atoms with van der Waals surface area (Å²) in [6, 6.07) is 0. The number of nitrogens with one attached hydrogen (secondary N) is 1. The molecule has 0 saturated carbocycles. The van der Waals surface area contributed by atoms with Crippen LogP contribution in [0.1, 0.15) is 26.2 Å². The molecule has 1 heterocycles. The highest BCUT2D eigenvalue weighted by Crippen LogP contribution is 2.11. The van der Waals surface area contributed by atoms with E-state index in [1.165, 1.54) is 0 Å². The van der Waals surface area contributed by atoms with Crippen LogP contribution >= 0.6 is 0 Å². The molecule has 11 heavy (non-hydrogen) atoms. The average molecular weight is 157 g/mol. The first-order chi connectivity index (χ1) is 5.34. The van der Waals surface area contributed by atoms with Crippen LogP contribution < -0.4 is 5.32 Å². The monoisotopic (exact) mass is 157 g/mol. The Morgan fingerprint density at radius 1 is 1.73 bits per heavy atom. The Hall–Kier alpha value is -0.570. The van der Waals surface area contributed by atoms with Crippen LogP contribution in [0.15, 0.2) is 0 Å². The average Bonchev–Trinajstić information content (AvgIpc) is 2.52. The van der Waals surface area contributed by atoms with Crippen molar-refractivity contribution in [3.63, 3.8) is 0 Å². The lowest BCUT2D eigenvalue weighted by Gasteiger charge is -2.08. The zero-order valence-corrected chi connectivity index (χ0v) is 6.93. The van der Waals surface area contributed by atoms with E-state index in [-0.39, 0.29) is 12.0 Å². The van der Waals surface area contributed by atoms with Gasteiger partial charge < -0.3 is 10.1 Å². The van der Waals surface area contributed by atoms with Crippen LogP contribution in [0.2, 0.25) is 0 Å². The van der Waals surface area contributed by atoms with Gasteiger partial charge in [-0.25, -0.2) is 0 Å². The van der Waals surface area contributed by atoms with Crippen molar-refractivity contribution >= 4 is 5.91 Å². The molecule has 1 N–H and O–H groups in total. The Bertz CT molecular complexity index is 130. The Morgan fingerprint density at radius 2 is 2.55 bits per heavy atom. The Balaban J connectivity index is 2.17. The maximum atomic E-state index is 11.2. The molecule has 0 aliphatic carbocycles. The third-order valence-corrected chi connectivity index (χ3v) is 1.77. The summed E-state index contributed by atoms with van der Waals surface area (Å²) in [7, 11) is 0. The number of carbonyl (C=O) groups is 1. The smallest absolute Gasteiger partial charge is 0.249 e. The lowest BCUT2D eigenvalue weighted by Crippen LogP contribution is -2.34. The van der Waals surface area contributed by atoms with Crippen LogP contribution in [0, 0.1) is 0 Å². The molecule has 64 valence electrons. The Kier molecular flexibility index (Phi) is 3.36. The van der Waals surface area contributed by atoms with E-state index < -0.39 is 0 Å². The van der Waals surface area contributed by atoms with E-state index in [2.05, 4.69) is 5.32 Å². The fourth-order valence-corrected chi connectivity index (χ4v) is 1.15. The van der Waals surface area contributed by atoms with Crippen LogP contribution in [0.5, 0.6) is 0 Å². The molecule has 0 unspecified atom stereocenters. The Labute approximate surface area is 67.1 Å². The second kappa shape index (κ2) is 4.34. The molecular weight excluding hydrogens is 142 g/mol. The normalized spacial score (nSPS) is 23.5. The van der Waals surface area contributed by atoms with Gasteiger partial charge in [0.1, 0.15) is 6.10 Å². The van der Waals surface area contributed by atoms with Gasteiger partial charge >= 0.3 is 0 Å². The van der Waals surface area contributed by atoms with Crippen LogP contribution in [0.3, 0.4) is 0 Å². The standard InChI is InChI=1S/C8H15NO2/c1-2-5-9-8(10)7-4-3-6-11-7/h7H,2-6H2,1H3,(H,9,10)/t7-/m1/s1. The van der Waals surface area contributed by atoms with E-state index in [4.69, 9.17) is 4.74 Å². The first-order valence-electron chi connectivity index (χ1n) is 4.24. The summed E-state index contributed by atoms with van der Waals surface area (Å²) in [6.07, 6.45) is 2.72. The number of ether oxygens (including phenoxy) is 1. The number of rotatable bonds is 3. The predicted molar refractivity (Wildman–Crippen MR) is 42.3 cm³/mol. The van der Waals surface area contributed by atoms with Gasteiger partial charge in [0.2, 0.25) is 5.91 Å². The lowest BCUT2D eigenvalue weighted by atomic mass is 10.2. The van der Waals surface area contributed by atoms with E-state index >= 15 is 0 Å². The van der Waals surface area contributed by atoms with Crippen LogP contribution in [-0.2, 0) is 9.53 Å². The van der Waals surface area contributed by atoms with Crippen molar-refractivity contribution in [3.8, 4) is 0 Å². The van der Waals surface area contributed by atoms with Crippen molar-refractivity contribution in [2.45, 2.75) is 32.3 Å². The summed E-state index contributed by atoms with van der Waals surface area (Å²) in [5.41, 5.74) is 0. The van der Waals surface area contributed by atoms with Gasteiger partial charge in [0.15, 0.2) is 0 Å². The highest BCUT2D eigenvalue weighted by atomic mass is 16.5. The topological polar surface area (TPSA) is 38.3 Å². The largest absolute Gasteiger partial charge is 0.368 e. The number of hydrogen-bond donors (Lipinski definition) is 1. The molecule has 1 saturated heterocycles. The number of amides is 1. The highest BCUT2D eigenvalue weighted by Gasteiger charge is 2.22. The predicted octanol–water partition coefficient (Wildman–Crippen LogP) is 0.692. The summed E-state index contributed by atoms with van der Waals surface area (Å²) in [5.74, 6) is 0.0596. The van der Waals surface area contributed by atoms with Gasteiger partial charge in [-0.1, -0.05) is 6.92 Å². The molecule has 0 bridgehead atoms. The molecule has 1 atom stereocenters. The van der Waals surface area contributed by atoms with Crippen molar-refractivity contribution in [1.29, 1.82) is 0 Å². The summed E-state index contributed by atoms with van der Waals surface area (Å²) in [5, 5.41) is 2.81. The van der Waals surface area contributed by atoms with Crippen LogP contribution in [0.4, 0.5) is 0 Å². The molecule has 0 radical (unpaired) electrons. The minimum Gasteiger partial charge on any atom is -0.368 e. The molecule has 3 nitrogen and oxygen atoms in total. The van der Waals surface area contributed by atoms with Gasteiger partial charge in [-0.05, 0) is 19.3 Å². The maximum absolute atomic E-state index is 11.2. The van der Waals surface area contributed by atoms with E-state index in [1.807, 2.05) is 6.92 Å². The zero-order chi connectivity index (χ0) is 8.10. The van der Waals surface area contributed by atoms with Crippen molar-refractivity contribution in [3.05, 3.63) is 0 Å². The molecular formula is C8H15NO2. The van der Waals surface area contributed by atoms with E-state index in [0.717, 1.165) is 32.4 Å². The lowest BCUT2D eigenvalue weighted by molar-refractivity contribution is -0.130. The molecule has 1 aliphatic heterocycles. The number of carbonyl (C=O) groups excluding carboxylic acids is 1. The summed E-state index contributed by atoms with van der Waals surface area (Å²) >= 11 is 0. The quantitative estimate of drug-likeness (QED) is 0.654. The summed E-state index contributed by atoms with van der Waals surface area (Å²) < 4.78 is 5.20. The molecule has 1 amide bonds. The first kappa shape index (κ1) is 8.53. The maximum Gasteiger partial charge on any atom is 0.249 e. The third-order valence-electron chi connectivity index (χ3n) is 1.77. The van der Waals surface area contributed by atoms with Crippen molar-refractivity contribution in [1.82, 2.24) is 5.32 Å². The number of hydrogen-bond acceptors (Lipinski definition) is 2. The second-order valence-corrected chi connectivity index (χ2v) is 2.79. The molecule has 1 fully saturated rings. The molecule has 0 aromatic carbocycles. The first-order valence-corrected chi connectivity index (χ1v) is 4.24. The summed E-state index contributed by atoms with van der Waals surface area (Å²) in [6.45, 7) is 3.54. The second-order valence-electron chi connectivity index (χ2n) is 2.79. The zero-order valence-electron chi connectivity index (χ0n) is 6.93. The van der Waals surface area contributed by atoms with Gasteiger partial charge in [-0.3, -0.25) is 4.79 Å². The minimum absolute atomic E-state index is 0.0596. The molecule has 0 spiro atoms. The van der Waals surface area contributed by atoms with Gasteiger partial charge in [0, 0.05) is 13.2 Å². The van der Waals surface area contributed by atoms with Crippen molar-refractivity contribution < 1.29 is 9.53 Å². The summed E-state index contributed by atoms with van der Waals surface area (Å²) in [4.78, 5) is 11.2. The fourth-order valence-electron chi connectivity index (χ4n) is 1.15. The molecule has 1 rings (SSSR count). The minimum atomic E-state index is -0.165. The van der Waals surface area contributed by atoms with Crippen molar-refractivity contribution in [2.24, 2.45) is 0 Å². The highest BCUT2D eigenvalue weighted by molar-refractivity contribution is 5.80. The van der Waals surface area contributed by atoms with E-state index in [1.54, 1.807) is 0 Å². The Morgan fingerprint density at radius 3 is 3.09 bits per heavy atom. The van der Waals surface area contributed by atoms with Crippen molar-refractivity contribution in [2.75, 3.05) is 13.2 Å². The van der Waals surface area contributed by atoms with Gasteiger partial charge in [0.05, 0.1) is 0 Å². The van der Waals surface area contributed by atoms with E-state index in [9.17, 15) is 4.79 Å². The molecule has 0 aromatic heterocycles. The third kappa shape index (κ3) is 2.50.